The molecular formula is C22H16ClF3N4O3. The molecule has 0 aliphatic carbocycles. The maximum atomic E-state index is 12.9. The molecule has 0 aliphatic rings. The molecule has 0 unspecified atom stereocenters. The zero-order valence-corrected chi connectivity index (χ0v) is 17.6. The summed E-state index contributed by atoms with van der Waals surface area (Å²) in [4.78, 5) is 28.7. The van der Waals surface area contributed by atoms with Crippen molar-refractivity contribution in [2.45, 2.75) is 6.18 Å². The molecule has 0 saturated carbocycles. The fraction of sp³-hybridized carbons (Fsp3) is 0.136. The van der Waals surface area contributed by atoms with Gasteiger partial charge >= 0.3 is 12.1 Å². The largest absolute Gasteiger partial charge is 0.490 e. The highest BCUT2D eigenvalue weighted by molar-refractivity contribution is 6.30. The van der Waals surface area contributed by atoms with Crippen molar-refractivity contribution < 1.29 is 27.5 Å². The first-order valence-corrected chi connectivity index (χ1v) is 9.79. The summed E-state index contributed by atoms with van der Waals surface area (Å²) in [7, 11) is 0. The van der Waals surface area contributed by atoms with E-state index in [1.54, 1.807) is 24.3 Å². The zero-order valence-electron chi connectivity index (χ0n) is 16.8. The molecule has 170 valence electrons. The molecule has 0 bridgehead atoms. The number of nitrogens with one attached hydrogen (secondary N) is 3. The Morgan fingerprint density at radius 1 is 1.21 bits per heavy atom. The molecule has 1 heterocycles. The summed E-state index contributed by atoms with van der Waals surface area (Å²) >= 11 is 5.82. The van der Waals surface area contributed by atoms with Crippen LogP contribution in [-0.4, -0.2) is 35.4 Å². The van der Waals surface area contributed by atoms with Crippen LogP contribution in [0.3, 0.4) is 0 Å². The number of imidazole rings is 1. The van der Waals surface area contributed by atoms with Gasteiger partial charge in [-0.2, -0.15) is 13.2 Å². The Labute approximate surface area is 191 Å². The van der Waals surface area contributed by atoms with Crippen molar-refractivity contribution >= 4 is 29.6 Å². The monoisotopic (exact) mass is 476 g/mol. The molecule has 0 radical (unpaired) electrons. The first kappa shape index (κ1) is 23.7. The number of benzene rings is 2. The first-order chi connectivity index (χ1) is 15.8. The second-order valence-electron chi connectivity index (χ2n) is 6.49. The minimum atomic E-state index is -4.58. The van der Waals surface area contributed by atoms with E-state index >= 15 is 0 Å². The summed E-state index contributed by atoms with van der Waals surface area (Å²) in [5, 5.41) is 5.52. The molecule has 7 nitrogen and oxygen atoms in total. The van der Waals surface area contributed by atoms with Gasteiger partial charge in [-0.25, -0.2) is 4.98 Å². The molecule has 0 saturated heterocycles. The second kappa shape index (κ2) is 10.6. The van der Waals surface area contributed by atoms with Crippen LogP contribution in [0.1, 0.15) is 11.3 Å². The normalized spacial score (nSPS) is 10.7. The molecule has 2 aromatic carbocycles. The minimum absolute atomic E-state index is 0.0424. The van der Waals surface area contributed by atoms with Gasteiger partial charge in [0.25, 0.3) is 0 Å². The Morgan fingerprint density at radius 3 is 2.64 bits per heavy atom. The second-order valence-corrected chi connectivity index (χ2v) is 6.92. The van der Waals surface area contributed by atoms with E-state index in [2.05, 4.69) is 32.4 Å². The number of anilines is 1. The van der Waals surface area contributed by atoms with E-state index in [0.29, 0.717) is 23.2 Å². The van der Waals surface area contributed by atoms with Crippen LogP contribution in [-0.2, 0) is 15.8 Å². The molecular weight excluding hydrogens is 461 g/mol. The smallest absolute Gasteiger partial charge is 0.432 e. The topological polar surface area (TPSA) is 96.1 Å². The van der Waals surface area contributed by atoms with Crippen molar-refractivity contribution in [2.24, 2.45) is 0 Å². The van der Waals surface area contributed by atoms with Crippen LogP contribution in [0.4, 0.5) is 18.9 Å². The maximum Gasteiger partial charge on any atom is 0.432 e. The van der Waals surface area contributed by atoms with Gasteiger partial charge in [0.2, 0.25) is 6.41 Å². The summed E-state index contributed by atoms with van der Waals surface area (Å²) in [5.41, 5.74) is 0.0101. The van der Waals surface area contributed by atoms with E-state index in [-0.39, 0.29) is 36.0 Å². The Bertz CT molecular complexity index is 1200. The summed E-state index contributed by atoms with van der Waals surface area (Å²) in [6.45, 7) is 0.304. The van der Waals surface area contributed by atoms with Crippen LogP contribution in [0.15, 0.2) is 48.7 Å². The van der Waals surface area contributed by atoms with Crippen molar-refractivity contribution in [2.75, 3.05) is 18.5 Å². The molecule has 3 aromatic rings. The lowest BCUT2D eigenvalue weighted by molar-refractivity contribution is -0.140. The quantitative estimate of drug-likeness (QED) is 0.274. The number of amides is 2. The number of alkyl halides is 3. The summed E-state index contributed by atoms with van der Waals surface area (Å²) < 4.78 is 44.2. The third-order valence-corrected chi connectivity index (χ3v) is 4.39. The highest BCUT2D eigenvalue weighted by atomic mass is 35.5. The number of aromatic nitrogens is 2. The molecule has 11 heteroatoms. The van der Waals surface area contributed by atoms with E-state index in [0.717, 1.165) is 0 Å². The third kappa shape index (κ3) is 6.75. The van der Waals surface area contributed by atoms with Crippen LogP contribution in [0.5, 0.6) is 5.75 Å². The highest BCUT2D eigenvalue weighted by Crippen LogP contribution is 2.32. The first-order valence-electron chi connectivity index (χ1n) is 9.41. The van der Waals surface area contributed by atoms with Gasteiger partial charge in [-0.05, 0) is 42.5 Å². The predicted octanol–water partition coefficient (Wildman–Crippen LogP) is 3.86. The standard InChI is InChI=1S/C22H16ClF3N4O3/c23-16-5-1-14(2-6-16)3-8-20(32)29-17-11-15(4-7-18(17)33-10-9-27-13-31)21-28-12-19(30-21)22(24,25)26/h1-2,4-7,11-13H,9-10H2,(H,27,31)(H,28,30)(H,29,32). The number of hydrogen-bond donors (Lipinski definition) is 3. The van der Waals surface area contributed by atoms with Crippen molar-refractivity contribution in [3.63, 3.8) is 0 Å². The lowest BCUT2D eigenvalue weighted by atomic mass is 10.1. The molecule has 3 N–H and O–H groups in total. The number of carbonyl (C=O) groups excluding carboxylic acids is 2. The summed E-state index contributed by atoms with van der Waals surface area (Å²) in [5.74, 6) is 4.62. The van der Waals surface area contributed by atoms with E-state index < -0.39 is 17.8 Å². The van der Waals surface area contributed by atoms with Crippen LogP contribution in [0.2, 0.25) is 5.02 Å². The predicted molar refractivity (Wildman–Crippen MR) is 116 cm³/mol. The molecule has 1 aromatic heterocycles. The molecule has 0 aliphatic heterocycles. The number of rotatable bonds is 7. The van der Waals surface area contributed by atoms with Crippen LogP contribution in [0, 0.1) is 11.8 Å². The van der Waals surface area contributed by atoms with Gasteiger partial charge in [-0.1, -0.05) is 17.5 Å². The van der Waals surface area contributed by atoms with E-state index in [1.807, 2.05) is 0 Å². The van der Waals surface area contributed by atoms with Crippen molar-refractivity contribution in [3.05, 3.63) is 64.9 Å². The van der Waals surface area contributed by atoms with Crippen LogP contribution < -0.4 is 15.4 Å². The Balaban J connectivity index is 1.84. The molecule has 33 heavy (non-hydrogen) atoms. The molecule has 0 fully saturated rings. The van der Waals surface area contributed by atoms with Crippen LogP contribution in [0.25, 0.3) is 11.4 Å². The molecule has 3 rings (SSSR count). The van der Waals surface area contributed by atoms with Gasteiger partial charge in [0.1, 0.15) is 23.9 Å². The Hall–Kier alpha value is -3.97. The van der Waals surface area contributed by atoms with E-state index in [9.17, 15) is 22.8 Å². The van der Waals surface area contributed by atoms with Gasteiger partial charge in [-0.15, -0.1) is 0 Å². The molecule has 0 spiro atoms. The minimum Gasteiger partial charge on any atom is -0.490 e. The lowest BCUT2D eigenvalue weighted by Crippen LogP contribution is -2.19. The number of aromatic amines is 1. The van der Waals surface area contributed by atoms with Gasteiger partial charge in [0.15, 0.2) is 0 Å². The average molecular weight is 477 g/mol. The zero-order chi connectivity index (χ0) is 23.8. The number of H-pyrrole nitrogens is 1. The number of halogens is 4. The van der Waals surface area contributed by atoms with Gasteiger partial charge in [-0.3, -0.25) is 9.59 Å². The van der Waals surface area contributed by atoms with Gasteiger partial charge < -0.3 is 20.4 Å². The molecule has 0 atom stereocenters. The molecule has 2 amide bonds. The summed E-state index contributed by atoms with van der Waals surface area (Å²) in [6.07, 6.45) is -3.38. The van der Waals surface area contributed by atoms with Crippen molar-refractivity contribution in [3.8, 4) is 29.0 Å². The number of nitrogens with zero attached hydrogens (tertiary/aromatic N) is 1. The van der Waals surface area contributed by atoms with Crippen molar-refractivity contribution in [1.29, 1.82) is 0 Å². The SMILES string of the molecule is O=CNCCOc1ccc(-c2ncc(C(F)(F)F)[nH]2)cc1NC(=O)C#Cc1ccc(Cl)cc1. The third-order valence-electron chi connectivity index (χ3n) is 4.13. The van der Waals surface area contributed by atoms with E-state index in [1.165, 1.54) is 18.2 Å². The fourth-order valence-electron chi connectivity index (χ4n) is 2.61. The highest BCUT2D eigenvalue weighted by Gasteiger charge is 2.33. The number of hydrogen-bond acceptors (Lipinski definition) is 4. The fourth-order valence-corrected chi connectivity index (χ4v) is 2.73. The summed E-state index contributed by atoms with van der Waals surface area (Å²) in [6, 6.07) is 10.9. The Kier molecular flexibility index (Phi) is 7.58. The van der Waals surface area contributed by atoms with E-state index in [4.69, 9.17) is 16.3 Å². The van der Waals surface area contributed by atoms with Gasteiger partial charge in [0.05, 0.1) is 18.4 Å². The number of carbonyl (C=O) groups is 2. The lowest BCUT2D eigenvalue weighted by Gasteiger charge is -2.12. The maximum absolute atomic E-state index is 12.9. The number of ether oxygens (including phenoxy) is 1. The average Bonchev–Trinajstić information content (AvgIpc) is 3.28. The van der Waals surface area contributed by atoms with Gasteiger partial charge in [0, 0.05) is 22.1 Å². The van der Waals surface area contributed by atoms with Crippen LogP contribution >= 0.6 is 11.6 Å². The Morgan fingerprint density at radius 2 is 1.97 bits per heavy atom. The van der Waals surface area contributed by atoms with Crippen molar-refractivity contribution in [1.82, 2.24) is 15.3 Å².